The number of hydrogen-bond donors (Lipinski definition) is 6. The number of carboxylic acid groups (broad SMARTS) is 2. The smallest absolute Gasteiger partial charge is 0.335 e. The van der Waals surface area contributed by atoms with E-state index in [1.807, 2.05) is 0 Å². The summed E-state index contributed by atoms with van der Waals surface area (Å²) < 4.78 is 0. The minimum atomic E-state index is -0.986. The zero-order chi connectivity index (χ0) is 27.4. The fraction of sp³-hybridized carbons (Fsp3) is 0.714. The van der Waals surface area contributed by atoms with Crippen LogP contribution in [-0.2, 0) is 4.79 Å². The molecule has 0 saturated heterocycles. The number of benzene rings is 1. The first-order valence-corrected chi connectivity index (χ1v) is 13.4. The molecule has 210 valence electrons. The Bertz CT molecular complexity index is 614. The van der Waals surface area contributed by atoms with Gasteiger partial charge in [-0.25, -0.2) is 4.79 Å². The molecule has 8 nitrogen and oxygen atoms in total. The third-order valence-corrected chi connectivity index (χ3v) is 5.53. The molecule has 0 spiro atoms. The summed E-state index contributed by atoms with van der Waals surface area (Å²) in [4.78, 5) is 20.6. The Labute approximate surface area is 217 Å². The molecule has 6 N–H and O–H groups in total. The summed E-state index contributed by atoms with van der Waals surface area (Å²) in [5.41, 5.74) is 0.179. The van der Waals surface area contributed by atoms with E-state index in [0.29, 0.717) is 6.42 Å². The average Bonchev–Trinajstić information content (AvgIpc) is 2.86. The van der Waals surface area contributed by atoms with Crippen molar-refractivity contribution in [2.24, 2.45) is 0 Å². The maximum absolute atomic E-state index is 10.3. The number of phenols is 1. The molecule has 1 rings (SSSR count). The summed E-state index contributed by atoms with van der Waals surface area (Å²) in [5.74, 6) is -1.57. The molecule has 0 amide bonds. The molecule has 0 bridgehead atoms. The van der Waals surface area contributed by atoms with Gasteiger partial charge in [-0.05, 0) is 30.7 Å². The predicted molar refractivity (Wildman–Crippen MR) is 142 cm³/mol. The van der Waals surface area contributed by atoms with Gasteiger partial charge >= 0.3 is 11.9 Å². The zero-order valence-electron chi connectivity index (χ0n) is 22.1. The van der Waals surface area contributed by atoms with Gasteiger partial charge in [0, 0.05) is 6.42 Å². The highest BCUT2D eigenvalue weighted by molar-refractivity contribution is 5.87. The molecule has 0 fully saturated rings. The van der Waals surface area contributed by atoms with E-state index in [9.17, 15) is 9.59 Å². The van der Waals surface area contributed by atoms with E-state index in [1.54, 1.807) is 0 Å². The fourth-order valence-corrected chi connectivity index (χ4v) is 3.31. The van der Waals surface area contributed by atoms with Gasteiger partial charge in [-0.15, -0.1) is 0 Å². The first-order valence-electron chi connectivity index (χ1n) is 13.4. The van der Waals surface area contributed by atoms with E-state index < -0.39 is 18.0 Å². The van der Waals surface area contributed by atoms with Crippen LogP contribution in [0.2, 0.25) is 0 Å². The van der Waals surface area contributed by atoms with Crippen molar-refractivity contribution >= 4 is 11.9 Å². The van der Waals surface area contributed by atoms with E-state index >= 15 is 0 Å². The van der Waals surface area contributed by atoms with Gasteiger partial charge in [0.1, 0.15) is 11.9 Å². The molecule has 8 heteroatoms. The zero-order valence-corrected chi connectivity index (χ0v) is 22.1. The molecule has 0 unspecified atom stereocenters. The summed E-state index contributed by atoms with van der Waals surface area (Å²) in [7, 11) is 0. The van der Waals surface area contributed by atoms with Crippen LogP contribution < -0.4 is 0 Å². The number of carbonyl (C=O) groups is 2. The van der Waals surface area contributed by atoms with Crippen LogP contribution in [0.1, 0.15) is 120 Å². The molecule has 0 aliphatic rings. The molecule has 0 atom stereocenters. The number of aliphatic hydroxyl groups excluding tert-OH is 3. The van der Waals surface area contributed by atoms with Gasteiger partial charge < -0.3 is 30.6 Å². The van der Waals surface area contributed by atoms with Crippen molar-refractivity contribution in [1.82, 2.24) is 0 Å². The second kappa shape index (κ2) is 27.4. The minimum Gasteiger partial charge on any atom is -0.508 e. The van der Waals surface area contributed by atoms with Crippen LogP contribution in [0.3, 0.4) is 0 Å². The standard InChI is InChI=1S/C18H36O2.C7H6O3.C3H8O3/c1-2-3-4-5-6-7-8-9-10-11-12-13-14-15-16-17-18(19)20;8-6-3-1-5(2-4-6)7(9)10;4-1-3(6)2-5/h2-17H2,1H3,(H,19,20);1-4,8H,(H,9,10);3-6H,1-2H2. The first kappa shape index (κ1) is 36.0. The Morgan fingerprint density at radius 1 is 0.667 bits per heavy atom. The van der Waals surface area contributed by atoms with Gasteiger partial charge in [0.25, 0.3) is 0 Å². The van der Waals surface area contributed by atoms with Crippen LogP contribution in [0.4, 0.5) is 0 Å². The molecule has 0 heterocycles. The van der Waals surface area contributed by atoms with Crippen molar-refractivity contribution in [3.63, 3.8) is 0 Å². The lowest BCUT2D eigenvalue weighted by Crippen LogP contribution is -2.15. The quantitative estimate of drug-likeness (QED) is 0.127. The Kier molecular flexibility index (Phi) is 27.4. The van der Waals surface area contributed by atoms with Crippen LogP contribution in [-0.4, -0.2) is 61.9 Å². The largest absolute Gasteiger partial charge is 0.508 e. The van der Waals surface area contributed by atoms with Crippen molar-refractivity contribution in [3.05, 3.63) is 29.8 Å². The number of phenolic OH excluding ortho intramolecular Hbond substituents is 1. The Morgan fingerprint density at radius 2 is 1.03 bits per heavy atom. The lowest BCUT2D eigenvalue weighted by molar-refractivity contribution is -0.137. The van der Waals surface area contributed by atoms with Crippen LogP contribution in [0.5, 0.6) is 5.75 Å². The summed E-state index contributed by atoms with van der Waals surface area (Å²) >= 11 is 0. The van der Waals surface area contributed by atoms with E-state index in [1.165, 1.54) is 108 Å². The lowest BCUT2D eigenvalue weighted by atomic mass is 10.0. The molecular formula is C28H50O8. The van der Waals surface area contributed by atoms with E-state index in [0.717, 1.165) is 12.8 Å². The SMILES string of the molecule is CCCCCCCCCCCCCCCCCC(=O)O.O=C(O)c1ccc(O)cc1.OCC(O)CO. The first-order chi connectivity index (χ1) is 17.3. The summed E-state index contributed by atoms with van der Waals surface area (Å²) in [6, 6.07) is 5.36. The van der Waals surface area contributed by atoms with Gasteiger partial charge in [0.05, 0.1) is 18.8 Å². The summed E-state index contributed by atoms with van der Waals surface area (Å²) in [6.45, 7) is 1.54. The normalized spacial score (nSPS) is 10.2. The van der Waals surface area contributed by atoms with Crippen molar-refractivity contribution in [1.29, 1.82) is 0 Å². The Hall–Kier alpha value is -2.16. The molecule has 0 aliphatic carbocycles. The van der Waals surface area contributed by atoms with E-state index in [4.69, 9.17) is 30.6 Å². The van der Waals surface area contributed by atoms with Gasteiger partial charge in [-0.1, -0.05) is 96.8 Å². The number of carboxylic acids is 2. The molecule has 1 aromatic rings. The van der Waals surface area contributed by atoms with Crippen LogP contribution >= 0.6 is 0 Å². The Morgan fingerprint density at radius 3 is 1.31 bits per heavy atom. The number of aromatic carboxylic acids is 1. The number of rotatable bonds is 19. The number of hydrogen-bond acceptors (Lipinski definition) is 6. The van der Waals surface area contributed by atoms with Crippen molar-refractivity contribution in [3.8, 4) is 5.75 Å². The lowest BCUT2D eigenvalue weighted by Gasteiger charge is -2.03. The maximum Gasteiger partial charge on any atom is 0.335 e. The number of aliphatic hydroxyl groups is 3. The van der Waals surface area contributed by atoms with Crippen molar-refractivity contribution < 1.29 is 40.2 Å². The van der Waals surface area contributed by atoms with Gasteiger partial charge in [0.2, 0.25) is 0 Å². The van der Waals surface area contributed by atoms with E-state index in [-0.39, 0.29) is 24.5 Å². The molecule has 0 saturated carbocycles. The van der Waals surface area contributed by atoms with Gasteiger partial charge in [-0.2, -0.15) is 0 Å². The predicted octanol–water partition coefficient (Wildman–Crippen LogP) is 5.75. The van der Waals surface area contributed by atoms with Gasteiger partial charge in [-0.3, -0.25) is 4.79 Å². The maximum atomic E-state index is 10.3. The van der Waals surface area contributed by atoms with Gasteiger partial charge in [0.15, 0.2) is 0 Å². The van der Waals surface area contributed by atoms with Crippen molar-refractivity contribution in [2.75, 3.05) is 13.2 Å². The number of aliphatic carboxylic acids is 1. The summed E-state index contributed by atoms with van der Waals surface area (Å²) in [6.07, 6.45) is 19.2. The second-order valence-electron chi connectivity index (χ2n) is 8.96. The van der Waals surface area contributed by atoms with E-state index in [2.05, 4.69) is 6.92 Å². The topological polar surface area (TPSA) is 156 Å². The summed E-state index contributed by atoms with van der Waals surface area (Å²) in [5, 5.41) is 49.7. The molecule has 1 aromatic carbocycles. The third kappa shape index (κ3) is 28.1. The monoisotopic (exact) mass is 514 g/mol. The van der Waals surface area contributed by atoms with Crippen LogP contribution in [0.15, 0.2) is 24.3 Å². The average molecular weight is 515 g/mol. The number of aromatic hydroxyl groups is 1. The molecule has 0 aliphatic heterocycles. The molecule has 0 radical (unpaired) electrons. The highest BCUT2D eigenvalue weighted by Gasteiger charge is 1.99. The molecule has 36 heavy (non-hydrogen) atoms. The van der Waals surface area contributed by atoms with Crippen molar-refractivity contribution in [2.45, 2.75) is 116 Å². The minimum absolute atomic E-state index is 0.0741. The Balaban J connectivity index is 0. The third-order valence-electron chi connectivity index (χ3n) is 5.53. The number of unbranched alkanes of at least 4 members (excludes halogenated alkanes) is 14. The highest BCUT2D eigenvalue weighted by Crippen LogP contribution is 2.13. The molecule has 0 aromatic heterocycles. The fourth-order valence-electron chi connectivity index (χ4n) is 3.31. The van der Waals surface area contributed by atoms with Crippen LogP contribution in [0.25, 0.3) is 0 Å². The molecular weight excluding hydrogens is 464 g/mol. The second-order valence-corrected chi connectivity index (χ2v) is 8.96. The van der Waals surface area contributed by atoms with Crippen LogP contribution in [0, 0.1) is 0 Å². The highest BCUT2D eigenvalue weighted by atomic mass is 16.4.